The van der Waals surface area contributed by atoms with E-state index in [1.165, 1.54) is 12.1 Å². The molecule has 0 saturated carbocycles. The number of phenolic OH excluding ortho intramolecular Hbond substituents is 2. The van der Waals surface area contributed by atoms with Gasteiger partial charge in [0, 0.05) is 13.1 Å². The highest BCUT2D eigenvalue weighted by atomic mass is 16.3. The number of carbonyl (C=O) groups is 1. The van der Waals surface area contributed by atoms with E-state index in [2.05, 4.69) is 0 Å². The quantitative estimate of drug-likeness (QED) is 0.681. The van der Waals surface area contributed by atoms with Gasteiger partial charge in [-0.05, 0) is 37.4 Å². The molecule has 1 aliphatic heterocycles. The summed E-state index contributed by atoms with van der Waals surface area (Å²) in [5.41, 5.74) is 5.76. The van der Waals surface area contributed by atoms with Gasteiger partial charge in [-0.3, -0.25) is 4.79 Å². The van der Waals surface area contributed by atoms with Crippen LogP contribution in [0.15, 0.2) is 18.2 Å². The van der Waals surface area contributed by atoms with E-state index < -0.39 is 0 Å². The molecule has 0 bridgehead atoms. The number of carbonyl (C=O) groups excluding carboxylic acids is 1. The van der Waals surface area contributed by atoms with Crippen LogP contribution < -0.4 is 5.73 Å². The van der Waals surface area contributed by atoms with E-state index >= 15 is 0 Å². The molecule has 0 spiro atoms. The van der Waals surface area contributed by atoms with Crippen LogP contribution in [-0.2, 0) is 0 Å². The zero-order valence-electron chi connectivity index (χ0n) is 10.2. The summed E-state index contributed by atoms with van der Waals surface area (Å²) in [5.74, 6) is -0.369. The van der Waals surface area contributed by atoms with E-state index in [1.807, 2.05) is 0 Å². The summed E-state index contributed by atoms with van der Waals surface area (Å²) in [6, 6.07) is 4.42. The Morgan fingerprint density at radius 2 is 2.00 bits per heavy atom. The lowest BCUT2D eigenvalue weighted by molar-refractivity contribution is 0.0689. The van der Waals surface area contributed by atoms with Gasteiger partial charge in [-0.1, -0.05) is 6.07 Å². The number of para-hydroxylation sites is 1. The third kappa shape index (κ3) is 2.41. The molecule has 1 aromatic carbocycles. The van der Waals surface area contributed by atoms with Crippen molar-refractivity contribution in [3.63, 3.8) is 0 Å². The van der Waals surface area contributed by atoms with Crippen LogP contribution in [0, 0.1) is 5.92 Å². The number of aromatic hydroxyl groups is 2. The number of rotatable bonds is 2. The van der Waals surface area contributed by atoms with Crippen LogP contribution in [0.4, 0.5) is 0 Å². The summed E-state index contributed by atoms with van der Waals surface area (Å²) in [5, 5.41) is 19.1. The molecule has 0 unspecified atom stereocenters. The Morgan fingerprint density at radius 3 is 2.61 bits per heavy atom. The molecule has 1 amide bonds. The number of hydrogen-bond donors (Lipinski definition) is 3. The second-order valence-electron chi connectivity index (χ2n) is 4.64. The molecular formula is C13H18N2O3. The fraction of sp³-hybridized carbons (Fsp3) is 0.462. The molecule has 5 nitrogen and oxygen atoms in total. The smallest absolute Gasteiger partial charge is 0.257 e. The third-order valence-electron chi connectivity index (χ3n) is 3.48. The molecular weight excluding hydrogens is 232 g/mol. The summed E-state index contributed by atoms with van der Waals surface area (Å²) in [6.07, 6.45) is 1.78. The van der Waals surface area contributed by atoms with Crippen molar-refractivity contribution in [2.45, 2.75) is 12.8 Å². The first kappa shape index (κ1) is 12.7. The maximum Gasteiger partial charge on any atom is 0.257 e. The van der Waals surface area contributed by atoms with E-state index in [-0.39, 0.29) is 23.0 Å². The van der Waals surface area contributed by atoms with Gasteiger partial charge in [-0.2, -0.15) is 0 Å². The number of piperidine rings is 1. The van der Waals surface area contributed by atoms with Gasteiger partial charge in [0.2, 0.25) is 0 Å². The van der Waals surface area contributed by atoms with Crippen molar-refractivity contribution in [3.8, 4) is 11.5 Å². The minimum atomic E-state index is -0.344. The average Bonchev–Trinajstić information content (AvgIpc) is 2.41. The van der Waals surface area contributed by atoms with E-state index in [0.29, 0.717) is 25.6 Å². The molecule has 1 aromatic rings. The van der Waals surface area contributed by atoms with Gasteiger partial charge in [0.15, 0.2) is 11.5 Å². The van der Waals surface area contributed by atoms with Gasteiger partial charge in [-0.25, -0.2) is 0 Å². The molecule has 5 heteroatoms. The summed E-state index contributed by atoms with van der Waals surface area (Å²) in [6.45, 7) is 1.95. The molecule has 2 rings (SSSR count). The molecule has 0 aromatic heterocycles. The standard InChI is InChI=1S/C13H18N2O3/c14-8-9-4-6-15(7-5-9)13(18)10-2-1-3-11(16)12(10)17/h1-3,9,16-17H,4-8,14H2. The van der Waals surface area contributed by atoms with Crippen LogP contribution in [-0.4, -0.2) is 40.7 Å². The Hall–Kier alpha value is -1.75. The van der Waals surface area contributed by atoms with E-state index in [1.54, 1.807) is 11.0 Å². The van der Waals surface area contributed by atoms with Crippen molar-refractivity contribution in [2.24, 2.45) is 11.7 Å². The maximum atomic E-state index is 12.2. The third-order valence-corrected chi connectivity index (χ3v) is 3.48. The zero-order valence-corrected chi connectivity index (χ0v) is 10.2. The number of phenols is 2. The van der Waals surface area contributed by atoms with Crippen molar-refractivity contribution in [2.75, 3.05) is 19.6 Å². The minimum absolute atomic E-state index is 0.154. The maximum absolute atomic E-state index is 12.2. The Morgan fingerprint density at radius 1 is 1.33 bits per heavy atom. The Bertz CT molecular complexity index is 440. The summed E-state index contributed by atoms with van der Waals surface area (Å²) in [7, 11) is 0. The number of benzene rings is 1. The number of hydrogen-bond acceptors (Lipinski definition) is 4. The van der Waals surface area contributed by atoms with Crippen molar-refractivity contribution in [3.05, 3.63) is 23.8 Å². The molecule has 18 heavy (non-hydrogen) atoms. The number of nitrogens with zero attached hydrogens (tertiary/aromatic N) is 1. The predicted molar refractivity (Wildman–Crippen MR) is 67.5 cm³/mol. The topological polar surface area (TPSA) is 86.8 Å². The van der Waals surface area contributed by atoms with Crippen molar-refractivity contribution in [1.29, 1.82) is 0 Å². The van der Waals surface area contributed by atoms with Crippen LogP contribution in [0.5, 0.6) is 11.5 Å². The first-order valence-corrected chi connectivity index (χ1v) is 6.13. The molecule has 1 aliphatic rings. The van der Waals surface area contributed by atoms with Gasteiger partial charge >= 0.3 is 0 Å². The van der Waals surface area contributed by atoms with Gasteiger partial charge in [0.05, 0.1) is 5.56 Å². The average molecular weight is 250 g/mol. The molecule has 4 N–H and O–H groups in total. The van der Waals surface area contributed by atoms with Crippen molar-refractivity contribution < 1.29 is 15.0 Å². The summed E-state index contributed by atoms with van der Waals surface area (Å²) < 4.78 is 0. The van der Waals surface area contributed by atoms with Crippen molar-refractivity contribution in [1.82, 2.24) is 4.90 Å². The molecule has 1 heterocycles. The van der Waals surface area contributed by atoms with Gasteiger partial charge < -0.3 is 20.8 Å². The van der Waals surface area contributed by atoms with Crippen LogP contribution in [0.2, 0.25) is 0 Å². The normalized spacial score (nSPS) is 16.8. The molecule has 0 radical (unpaired) electrons. The lowest BCUT2D eigenvalue weighted by atomic mass is 9.96. The molecule has 0 atom stereocenters. The van der Waals surface area contributed by atoms with E-state index in [0.717, 1.165) is 12.8 Å². The number of nitrogens with two attached hydrogens (primary N) is 1. The zero-order chi connectivity index (χ0) is 13.1. The highest BCUT2D eigenvalue weighted by Gasteiger charge is 2.25. The predicted octanol–water partition coefficient (Wildman–Crippen LogP) is 0.909. The van der Waals surface area contributed by atoms with Gasteiger partial charge in [-0.15, -0.1) is 0 Å². The molecule has 1 fully saturated rings. The highest BCUT2D eigenvalue weighted by Crippen LogP contribution is 2.30. The highest BCUT2D eigenvalue weighted by molar-refractivity contribution is 5.97. The van der Waals surface area contributed by atoms with Crippen LogP contribution in [0.25, 0.3) is 0 Å². The second kappa shape index (κ2) is 5.27. The Kier molecular flexibility index (Phi) is 3.72. The van der Waals surface area contributed by atoms with E-state index in [4.69, 9.17) is 5.73 Å². The van der Waals surface area contributed by atoms with Crippen LogP contribution in [0.1, 0.15) is 23.2 Å². The van der Waals surface area contributed by atoms with Crippen LogP contribution >= 0.6 is 0 Å². The number of likely N-dealkylation sites (tertiary alicyclic amines) is 1. The minimum Gasteiger partial charge on any atom is -0.504 e. The monoisotopic (exact) mass is 250 g/mol. The van der Waals surface area contributed by atoms with Crippen LogP contribution in [0.3, 0.4) is 0 Å². The number of amides is 1. The fourth-order valence-electron chi connectivity index (χ4n) is 2.25. The van der Waals surface area contributed by atoms with Gasteiger partial charge in [0.25, 0.3) is 5.91 Å². The lowest BCUT2D eigenvalue weighted by Gasteiger charge is -2.31. The van der Waals surface area contributed by atoms with E-state index in [9.17, 15) is 15.0 Å². The summed E-state index contributed by atoms with van der Waals surface area (Å²) >= 11 is 0. The van der Waals surface area contributed by atoms with Crippen molar-refractivity contribution >= 4 is 5.91 Å². The Labute approximate surface area is 106 Å². The summed E-state index contributed by atoms with van der Waals surface area (Å²) in [4.78, 5) is 13.9. The SMILES string of the molecule is NCC1CCN(C(=O)c2cccc(O)c2O)CC1. The second-order valence-corrected chi connectivity index (χ2v) is 4.64. The molecule has 1 saturated heterocycles. The Balaban J connectivity index is 2.10. The van der Waals surface area contributed by atoms with Gasteiger partial charge in [0.1, 0.15) is 0 Å². The largest absolute Gasteiger partial charge is 0.504 e. The first-order chi connectivity index (χ1) is 8.63. The first-order valence-electron chi connectivity index (χ1n) is 6.13. The molecule has 98 valence electrons. The molecule has 0 aliphatic carbocycles. The lowest BCUT2D eigenvalue weighted by Crippen LogP contribution is -2.40. The fourth-order valence-corrected chi connectivity index (χ4v) is 2.25.